The third-order valence-electron chi connectivity index (χ3n) is 2.78. The van der Waals surface area contributed by atoms with Crippen molar-refractivity contribution >= 4 is 5.97 Å². The summed E-state index contributed by atoms with van der Waals surface area (Å²) in [5, 5.41) is 3.39. The van der Waals surface area contributed by atoms with E-state index in [9.17, 15) is 4.79 Å². The normalized spacial score (nSPS) is 12.3. The summed E-state index contributed by atoms with van der Waals surface area (Å²) in [4.78, 5) is 11.1. The lowest BCUT2D eigenvalue weighted by atomic mass is 10.2. The second-order valence-corrected chi connectivity index (χ2v) is 4.31. The van der Waals surface area contributed by atoms with Crippen LogP contribution in [-0.4, -0.2) is 19.1 Å². The topological polar surface area (TPSA) is 51.5 Å². The molecule has 0 fully saturated rings. The van der Waals surface area contributed by atoms with E-state index in [-0.39, 0.29) is 12.0 Å². The molecule has 0 aliphatic carbocycles. The van der Waals surface area contributed by atoms with Gasteiger partial charge in [-0.15, -0.1) is 0 Å². The van der Waals surface area contributed by atoms with Crippen LogP contribution in [0.15, 0.2) is 22.8 Å². The third-order valence-corrected chi connectivity index (χ3v) is 2.78. The highest BCUT2D eigenvalue weighted by atomic mass is 16.5. The maximum atomic E-state index is 11.1. The second-order valence-electron chi connectivity index (χ2n) is 4.31. The Balaban J connectivity index is 1.97. The molecule has 1 aromatic heterocycles. The molecule has 4 heteroatoms. The molecule has 0 radical (unpaired) electrons. The number of ether oxygens (including phenoxy) is 1. The van der Waals surface area contributed by atoms with Crippen LogP contribution in [0, 0.1) is 0 Å². The fourth-order valence-corrected chi connectivity index (χ4v) is 1.76. The first-order valence-corrected chi connectivity index (χ1v) is 6.66. The van der Waals surface area contributed by atoms with Crippen molar-refractivity contribution in [3.63, 3.8) is 0 Å². The average Bonchev–Trinajstić information content (AvgIpc) is 2.87. The Morgan fingerprint density at radius 2 is 2.28 bits per heavy atom. The fraction of sp³-hybridized carbons (Fsp3) is 0.643. The Hall–Kier alpha value is -1.29. The lowest BCUT2D eigenvalue weighted by Crippen LogP contribution is -2.19. The summed E-state index contributed by atoms with van der Waals surface area (Å²) in [6.07, 6.45) is 5.21. The molecule has 0 spiro atoms. The molecule has 0 saturated heterocycles. The number of esters is 1. The first kappa shape index (κ1) is 14.8. The van der Waals surface area contributed by atoms with Crippen molar-refractivity contribution in [1.82, 2.24) is 5.32 Å². The van der Waals surface area contributed by atoms with Crippen molar-refractivity contribution in [2.45, 2.75) is 45.6 Å². The van der Waals surface area contributed by atoms with Gasteiger partial charge in [-0.05, 0) is 45.4 Å². The number of hydrogen-bond acceptors (Lipinski definition) is 4. The minimum absolute atomic E-state index is 0.0885. The van der Waals surface area contributed by atoms with Crippen LogP contribution in [0.5, 0.6) is 0 Å². The van der Waals surface area contributed by atoms with Gasteiger partial charge in [0.2, 0.25) is 0 Å². The summed E-state index contributed by atoms with van der Waals surface area (Å²) >= 11 is 0. The van der Waals surface area contributed by atoms with Crippen LogP contribution in [0.4, 0.5) is 0 Å². The molecule has 0 aliphatic rings. The predicted molar refractivity (Wildman–Crippen MR) is 70.2 cm³/mol. The van der Waals surface area contributed by atoms with E-state index in [1.54, 1.807) is 6.26 Å². The van der Waals surface area contributed by atoms with E-state index < -0.39 is 0 Å². The molecule has 1 heterocycles. The van der Waals surface area contributed by atoms with Crippen LogP contribution in [0.25, 0.3) is 0 Å². The van der Waals surface area contributed by atoms with E-state index >= 15 is 0 Å². The maximum absolute atomic E-state index is 11.1. The molecule has 0 aromatic carbocycles. The Kier molecular flexibility index (Phi) is 7.18. The Morgan fingerprint density at radius 3 is 2.94 bits per heavy atom. The van der Waals surface area contributed by atoms with Gasteiger partial charge in [0.15, 0.2) is 0 Å². The van der Waals surface area contributed by atoms with Crippen molar-refractivity contribution in [3.05, 3.63) is 24.2 Å². The minimum Gasteiger partial charge on any atom is -0.468 e. The molecule has 18 heavy (non-hydrogen) atoms. The molecular weight excluding hydrogens is 230 g/mol. The van der Waals surface area contributed by atoms with Gasteiger partial charge in [-0.3, -0.25) is 4.79 Å². The summed E-state index contributed by atoms with van der Waals surface area (Å²) in [5.74, 6) is 0.871. The zero-order valence-corrected chi connectivity index (χ0v) is 11.3. The Labute approximate surface area is 109 Å². The molecule has 1 rings (SSSR count). The van der Waals surface area contributed by atoms with Gasteiger partial charge >= 0.3 is 5.97 Å². The molecular formula is C14H23NO3. The highest BCUT2D eigenvalue weighted by Gasteiger charge is 2.06. The number of nitrogens with one attached hydrogen (secondary N) is 1. The van der Waals surface area contributed by atoms with E-state index in [2.05, 4.69) is 12.2 Å². The van der Waals surface area contributed by atoms with Gasteiger partial charge in [0.1, 0.15) is 5.76 Å². The highest BCUT2D eigenvalue weighted by molar-refractivity contribution is 5.69. The summed E-state index contributed by atoms with van der Waals surface area (Å²) in [7, 11) is 0. The smallest absolute Gasteiger partial charge is 0.305 e. The summed E-state index contributed by atoms with van der Waals surface area (Å²) in [6, 6.07) is 4.11. The molecule has 0 amide bonds. The van der Waals surface area contributed by atoms with Crippen LogP contribution in [0.1, 0.15) is 51.3 Å². The maximum Gasteiger partial charge on any atom is 0.305 e. The predicted octanol–water partition coefficient (Wildman–Crippen LogP) is 3.05. The van der Waals surface area contributed by atoms with Gasteiger partial charge in [-0.2, -0.15) is 0 Å². The van der Waals surface area contributed by atoms with Crippen LogP contribution in [0.3, 0.4) is 0 Å². The van der Waals surface area contributed by atoms with Crippen molar-refractivity contribution in [1.29, 1.82) is 0 Å². The summed E-state index contributed by atoms with van der Waals surface area (Å²) in [6.45, 7) is 5.32. The van der Waals surface area contributed by atoms with Gasteiger partial charge in [0.25, 0.3) is 0 Å². The lowest BCUT2D eigenvalue weighted by Gasteiger charge is -2.10. The molecule has 102 valence electrons. The number of unbranched alkanes of at least 4 members (excludes halogenated alkanes) is 2. The highest BCUT2D eigenvalue weighted by Crippen LogP contribution is 2.12. The number of carbonyl (C=O) groups excluding carboxylic acids is 1. The molecule has 1 aromatic rings. The van der Waals surface area contributed by atoms with Crippen LogP contribution >= 0.6 is 0 Å². The van der Waals surface area contributed by atoms with Crippen molar-refractivity contribution in [2.75, 3.05) is 13.2 Å². The molecule has 4 nitrogen and oxygen atoms in total. The average molecular weight is 253 g/mol. The van der Waals surface area contributed by atoms with Gasteiger partial charge in [0, 0.05) is 6.42 Å². The number of rotatable bonds is 9. The molecule has 0 saturated carbocycles. The van der Waals surface area contributed by atoms with Gasteiger partial charge < -0.3 is 14.5 Å². The van der Waals surface area contributed by atoms with Gasteiger partial charge in [-0.1, -0.05) is 6.42 Å². The molecule has 1 atom stereocenters. The van der Waals surface area contributed by atoms with E-state index in [1.807, 2.05) is 19.1 Å². The van der Waals surface area contributed by atoms with E-state index in [4.69, 9.17) is 9.15 Å². The van der Waals surface area contributed by atoms with Crippen molar-refractivity contribution in [3.8, 4) is 0 Å². The third kappa shape index (κ3) is 5.87. The SMILES string of the molecule is CCOC(=O)CCCCCN[C@H](C)c1ccco1. The quantitative estimate of drug-likeness (QED) is 0.543. The number of furan rings is 1. The zero-order chi connectivity index (χ0) is 13.2. The Morgan fingerprint density at radius 1 is 1.44 bits per heavy atom. The molecule has 0 unspecified atom stereocenters. The largest absolute Gasteiger partial charge is 0.468 e. The fourth-order valence-electron chi connectivity index (χ4n) is 1.76. The Bertz CT molecular complexity index is 322. The van der Waals surface area contributed by atoms with Gasteiger partial charge in [-0.25, -0.2) is 0 Å². The molecule has 0 aliphatic heterocycles. The minimum atomic E-state index is -0.0885. The van der Waals surface area contributed by atoms with E-state index in [0.717, 1.165) is 31.6 Å². The lowest BCUT2D eigenvalue weighted by molar-refractivity contribution is -0.143. The number of hydrogen-bond donors (Lipinski definition) is 1. The van der Waals surface area contributed by atoms with E-state index in [1.165, 1.54) is 0 Å². The van der Waals surface area contributed by atoms with Gasteiger partial charge in [0.05, 0.1) is 18.9 Å². The molecule has 1 N–H and O–H groups in total. The first-order chi connectivity index (χ1) is 8.74. The first-order valence-electron chi connectivity index (χ1n) is 6.66. The van der Waals surface area contributed by atoms with Crippen LogP contribution < -0.4 is 5.32 Å². The standard InChI is InChI=1S/C14H23NO3/c1-3-17-14(16)9-5-4-6-10-15-12(2)13-8-7-11-18-13/h7-8,11-12,15H,3-6,9-10H2,1-2H3/t12-/m1/s1. The van der Waals surface area contributed by atoms with E-state index in [0.29, 0.717) is 13.0 Å². The van der Waals surface area contributed by atoms with Crippen molar-refractivity contribution in [2.24, 2.45) is 0 Å². The van der Waals surface area contributed by atoms with Crippen LogP contribution in [-0.2, 0) is 9.53 Å². The molecule has 0 bridgehead atoms. The second kappa shape index (κ2) is 8.75. The van der Waals surface area contributed by atoms with Crippen molar-refractivity contribution < 1.29 is 13.9 Å². The number of carbonyl (C=O) groups is 1. The summed E-state index contributed by atoms with van der Waals surface area (Å²) in [5.41, 5.74) is 0. The van der Waals surface area contributed by atoms with Crippen LogP contribution in [0.2, 0.25) is 0 Å². The zero-order valence-electron chi connectivity index (χ0n) is 11.3. The summed E-state index contributed by atoms with van der Waals surface area (Å²) < 4.78 is 10.2. The monoisotopic (exact) mass is 253 g/mol.